The highest BCUT2D eigenvalue weighted by Gasteiger charge is 2.15. The predicted molar refractivity (Wildman–Crippen MR) is 82.1 cm³/mol. The molecule has 0 saturated heterocycles. The first-order valence-corrected chi connectivity index (χ1v) is 7.24. The van der Waals surface area contributed by atoms with E-state index in [4.69, 9.17) is 4.42 Å². The molecule has 0 bridgehead atoms. The van der Waals surface area contributed by atoms with Crippen molar-refractivity contribution in [2.75, 3.05) is 6.54 Å². The van der Waals surface area contributed by atoms with Gasteiger partial charge in [0.2, 0.25) is 5.89 Å². The van der Waals surface area contributed by atoms with Crippen LogP contribution in [0.15, 0.2) is 52.9 Å². The lowest BCUT2D eigenvalue weighted by molar-refractivity contribution is 0.0920. The second kappa shape index (κ2) is 6.99. The van der Waals surface area contributed by atoms with E-state index in [1.165, 1.54) is 36.4 Å². The van der Waals surface area contributed by atoms with E-state index in [1.807, 2.05) is 0 Å². The summed E-state index contributed by atoms with van der Waals surface area (Å²) in [4.78, 5) is 12.0. The van der Waals surface area contributed by atoms with Gasteiger partial charge in [0.05, 0.1) is 0 Å². The summed E-state index contributed by atoms with van der Waals surface area (Å²) < 4.78 is 31.0. The summed E-state index contributed by atoms with van der Waals surface area (Å²) in [6.45, 7) is 0.346. The second-order valence-electron chi connectivity index (χ2n) is 5.05. The molecule has 0 aliphatic rings. The number of hydrogen-bond acceptors (Lipinski definition) is 4. The number of aromatic nitrogens is 2. The number of nitrogens with one attached hydrogen (secondary N) is 1. The van der Waals surface area contributed by atoms with Crippen LogP contribution in [0.25, 0.3) is 11.5 Å². The predicted octanol–water partition coefficient (Wildman–Crippen LogP) is 2.99. The molecule has 0 fully saturated rings. The Kier molecular flexibility index (Phi) is 4.60. The fourth-order valence-electron chi connectivity index (χ4n) is 2.07. The van der Waals surface area contributed by atoms with Crippen LogP contribution in [0.2, 0.25) is 0 Å². The van der Waals surface area contributed by atoms with Crippen LogP contribution < -0.4 is 5.32 Å². The Bertz CT molecular complexity index is 830. The highest BCUT2D eigenvalue weighted by molar-refractivity contribution is 5.89. The van der Waals surface area contributed by atoms with E-state index in [0.29, 0.717) is 18.5 Å². The van der Waals surface area contributed by atoms with Crippen LogP contribution in [-0.2, 0) is 6.42 Å². The van der Waals surface area contributed by atoms with E-state index in [0.717, 1.165) is 5.56 Å². The lowest BCUT2D eigenvalue weighted by Crippen LogP contribution is -2.26. The molecule has 1 heterocycles. The van der Waals surface area contributed by atoms with Crippen molar-refractivity contribution in [3.8, 4) is 11.5 Å². The average Bonchev–Trinajstić information content (AvgIpc) is 3.07. The summed E-state index contributed by atoms with van der Waals surface area (Å²) in [5.74, 6) is -1.22. The standard InChI is InChI=1S/C17H13F2N3O2/c18-13-5-1-11(2-6-13)9-10-20-15(23)17-22-21-16(24-17)12-3-7-14(19)8-4-12/h1-8H,9-10H2,(H,20,23). The lowest BCUT2D eigenvalue weighted by atomic mass is 10.1. The van der Waals surface area contributed by atoms with E-state index in [1.54, 1.807) is 12.1 Å². The van der Waals surface area contributed by atoms with Gasteiger partial charge >= 0.3 is 11.8 Å². The summed E-state index contributed by atoms with van der Waals surface area (Å²) in [5, 5.41) is 10.1. The molecule has 0 spiro atoms. The topological polar surface area (TPSA) is 68.0 Å². The first-order chi connectivity index (χ1) is 11.6. The molecule has 0 saturated carbocycles. The van der Waals surface area contributed by atoms with Crippen LogP contribution in [0.3, 0.4) is 0 Å². The molecule has 122 valence electrons. The Balaban J connectivity index is 1.57. The zero-order chi connectivity index (χ0) is 16.9. The molecule has 0 aliphatic heterocycles. The molecule has 5 nitrogen and oxygen atoms in total. The highest BCUT2D eigenvalue weighted by Crippen LogP contribution is 2.17. The van der Waals surface area contributed by atoms with E-state index < -0.39 is 5.91 Å². The van der Waals surface area contributed by atoms with Crippen LogP contribution in [-0.4, -0.2) is 22.6 Å². The molecule has 0 radical (unpaired) electrons. The van der Waals surface area contributed by atoms with Crippen LogP contribution in [0.4, 0.5) is 8.78 Å². The van der Waals surface area contributed by atoms with Gasteiger partial charge in [0.1, 0.15) is 11.6 Å². The molecular formula is C17H13F2N3O2. The van der Waals surface area contributed by atoms with Gasteiger partial charge in [0, 0.05) is 12.1 Å². The molecule has 7 heteroatoms. The first kappa shape index (κ1) is 15.8. The average molecular weight is 329 g/mol. The molecule has 24 heavy (non-hydrogen) atoms. The number of nitrogens with zero attached hydrogens (tertiary/aromatic N) is 2. The third kappa shape index (κ3) is 3.81. The Morgan fingerprint density at radius 3 is 2.25 bits per heavy atom. The molecule has 1 aromatic heterocycles. The van der Waals surface area contributed by atoms with E-state index in [9.17, 15) is 13.6 Å². The number of carbonyl (C=O) groups excluding carboxylic acids is 1. The Morgan fingerprint density at radius 1 is 0.958 bits per heavy atom. The van der Waals surface area contributed by atoms with Crippen molar-refractivity contribution in [3.63, 3.8) is 0 Å². The minimum Gasteiger partial charge on any atom is -0.412 e. The van der Waals surface area contributed by atoms with Crippen molar-refractivity contribution < 1.29 is 18.0 Å². The number of amides is 1. The minimum absolute atomic E-state index is 0.138. The molecular weight excluding hydrogens is 316 g/mol. The number of carbonyl (C=O) groups is 1. The lowest BCUT2D eigenvalue weighted by Gasteiger charge is -2.02. The zero-order valence-corrected chi connectivity index (χ0v) is 12.5. The van der Waals surface area contributed by atoms with Crippen LogP contribution in [0, 0.1) is 11.6 Å². The van der Waals surface area contributed by atoms with Crippen molar-refractivity contribution in [1.29, 1.82) is 0 Å². The normalized spacial score (nSPS) is 10.6. The molecule has 0 unspecified atom stereocenters. The van der Waals surface area contributed by atoms with Crippen molar-refractivity contribution in [2.45, 2.75) is 6.42 Å². The number of halogens is 2. The summed E-state index contributed by atoms with van der Waals surface area (Å²) in [6.07, 6.45) is 0.547. The molecule has 0 atom stereocenters. The largest absolute Gasteiger partial charge is 0.412 e. The van der Waals surface area contributed by atoms with Gasteiger partial charge in [0.15, 0.2) is 0 Å². The Hall–Kier alpha value is -3.09. The quantitative estimate of drug-likeness (QED) is 0.781. The van der Waals surface area contributed by atoms with Crippen LogP contribution in [0.5, 0.6) is 0 Å². The van der Waals surface area contributed by atoms with Gasteiger partial charge in [-0.05, 0) is 48.4 Å². The van der Waals surface area contributed by atoms with Crippen LogP contribution >= 0.6 is 0 Å². The summed E-state index contributed by atoms with van der Waals surface area (Å²) in [7, 11) is 0. The summed E-state index contributed by atoms with van der Waals surface area (Å²) in [6, 6.07) is 11.5. The zero-order valence-electron chi connectivity index (χ0n) is 12.5. The maximum atomic E-state index is 12.9. The third-order valence-electron chi connectivity index (χ3n) is 3.32. The fraction of sp³-hybridized carbons (Fsp3) is 0.118. The van der Waals surface area contributed by atoms with Gasteiger partial charge in [-0.25, -0.2) is 8.78 Å². The highest BCUT2D eigenvalue weighted by atomic mass is 19.1. The minimum atomic E-state index is -0.502. The maximum absolute atomic E-state index is 12.9. The number of hydrogen-bond donors (Lipinski definition) is 1. The Labute approximate surface area is 136 Å². The second-order valence-corrected chi connectivity index (χ2v) is 5.05. The third-order valence-corrected chi connectivity index (χ3v) is 3.32. The van der Waals surface area contributed by atoms with Crippen molar-refractivity contribution in [3.05, 3.63) is 71.6 Å². The van der Waals surface area contributed by atoms with Crippen LogP contribution in [0.1, 0.15) is 16.2 Å². The molecule has 2 aromatic carbocycles. The van der Waals surface area contributed by atoms with E-state index >= 15 is 0 Å². The van der Waals surface area contributed by atoms with Crippen molar-refractivity contribution in [1.82, 2.24) is 15.5 Å². The monoisotopic (exact) mass is 329 g/mol. The van der Waals surface area contributed by atoms with Gasteiger partial charge in [-0.3, -0.25) is 4.79 Å². The van der Waals surface area contributed by atoms with Gasteiger partial charge in [-0.2, -0.15) is 0 Å². The molecule has 3 rings (SSSR count). The molecule has 1 N–H and O–H groups in total. The van der Waals surface area contributed by atoms with Crippen molar-refractivity contribution in [2.24, 2.45) is 0 Å². The Morgan fingerprint density at radius 2 is 1.58 bits per heavy atom. The van der Waals surface area contributed by atoms with E-state index in [-0.39, 0.29) is 23.4 Å². The maximum Gasteiger partial charge on any atom is 0.308 e. The smallest absolute Gasteiger partial charge is 0.308 e. The van der Waals surface area contributed by atoms with E-state index in [2.05, 4.69) is 15.5 Å². The molecule has 3 aromatic rings. The first-order valence-electron chi connectivity index (χ1n) is 7.24. The fourth-order valence-corrected chi connectivity index (χ4v) is 2.07. The molecule has 0 aliphatic carbocycles. The van der Waals surface area contributed by atoms with Gasteiger partial charge in [-0.15, -0.1) is 10.2 Å². The van der Waals surface area contributed by atoms with Gasteiger partial charge < -0.3 is 9.73 Å². The van der Waals surface area contributed by atoms with Gasteiger partial charge in [-0.1, -0.05) is 12.1 Å². The molecule has 1 amide bonds. The van der Waals surface area contributed by atoms with Crippen molar-refractivity contribution >= 4 is 5.91 Å². The summed E-state index contributed by atoms with van der Waals surface area (Å²) in [5.41, 5.74) is 1.42. The number of benzene rings is 2. The summed E-state index contributed by atoms with van der Waals surface area (Å²) >= 11 is 0. The number of rotatable bonds is 5. The van der Waals surface area contributed by atoms with Gasteiger partial charge in [0.25, 0.3) is 0 Å². The SMILES string of the molecule is O=C(NCCc1ccc(F)cc1)c1nnc(-c2ccc(F)cc2)o1.